The molecule has 0 saturated carbocycles. The third kappa shape index (κ3) is 6.14. The van der Waals surface area contributed by atoms with Gasteiger partial charge in [-0.15, -0.1) is 22.7 Å². The summed E-state index contributed by atoms with van der Waals surface area (Å²) in [5.41, 5.74) is 1.79. The molecule has 1 amide bonds. The van der Waals surface area contributed by atoms with Gasteiger partial charge in [0.2, 0.25) is 5.91 Å². The second kappa shape index (κ2) is 8.97. The number of carbonyl (C=O) groups excluding carboxylic acids is 1. The number of hydrogen-bond donors (Lipinski definition) is 1. The molecule has 1 N–H and O–H groups in total. The van der Waals surface area contributed by atoms with Crippen LogP contribution in [0.5, 0.6) is 0 Å². The summed E-state index contributed by atoms with van der Waals surface area (Å²) < 4.78 is 25.0. The molecule has 0 radical (unpaired) electrons. The second-order valence-electron chi connectivity index (χ2n) is 5.87. The molecule has 2 heterocycles. The summed E-state index contributed by atoms with van der Waals surface area (Å²) in [5, 5.41) is 4.74. The van der Waals surface area contributed by atoms with E-state index in [0.717, 1.165) is 10.4 Å². The number of carbonyl (C=O) groups is 1. The van der Waals surface area contributed by atoms with Crippen molar-refractivity contribution >= 4 is 55.2 Å². The molecule has 0 unspecified atom stereocenters. The van der Waals surface area contributed by atoms with Gasteiger partial charge in [-0.2, -0.15) is 0 Å². The van der Waals surface area contributed by atoms with E-state index in [2.05, 4.69) is 10.3 Å². The number of benzene rings is 1. The lowest BCUT2D eigenvalue weighted by Gasteiger charge is -2.05. The monoisotopic (exact) mass is 440 g/mol. The molecule has 3 aromatic rings. The summed E-state index contributed by atoms with van der Waals surface area (Å²) >= 11 is 8.55. The van der Waals surface area contributed by atoms with E-state index in [4.69, 9.17) is 11.6 Å². The van der Waals surface area contributed by atoms with E-state index in [1.54, 1.807) is 11.4 Å². The molecule has 5 nitrogen and oxygen atoms in total. The maximum Gasteiger partial charge on any atom is 0.241 e. The molecule has 27 heavy (non-hydrogen) atoms. The van der Waals surface area contributed by atoms with Crippen LogP contribution in [0.25, 0.3) is 10.6 Å². The minimum atomic E-state index is -3.46. The molecule has 0 saturated heterocycles. The molecule has 0 fully saturated rings. The van der Waals surface area contributed by atoms with Crippen LogP contribution >= 0.6 is 34.3 Å². The fourth-order valence-corrected chi connectivity index (χ4v) is 5.47. The number of sulfone groups is 1. The van der Waals surface area contributed by atoms with Gasteiger partial charge in [-0.1, -0.05) is 41.9 Å². The van der Waals surface area contributed by atoms with Crippen LogP contribution in [0.4, 0.5) is 5.13 Å². The molecular weight excluding hydrogens is 424 g/mol. The predicted molar refractivity (Wildman–Crippen MR) is 112 cm³/mol. The normalized spacial score (nSPS) is 11.4. The van der Waals surface area contributed by atoms with Gasteiger partial charge >= 0.3 is 0 Å². The lowest BCUT2D eigenvalue weighted by Crippen LogP contribution is -2.24. The van der Waals surface area contributed by atoms with Crippen molar-refractivity contribution in [3.8, 4) is 10.6 Å². The molecule has 0 aliphatic heterocycles. The molecule has 0 bridgehead atoms. The Labute approximate surface area is 171 Å². The van der Waals surface area contributed by atoms with Crippen molar-refractivity contribution in [2.24, 2.45) is 0 Å². The number of aryl methyl sites for hydroxylation is 1. The summed E-state index contributed by atoms with van der Waals surface area (Å²) in [4.78, 5) is 17.3. The highest BCUT2D eigenvalue weighted by atomic mass is 35.5. The number of thiophene rings is 1. The van der Waals surface area contributed by atoms with E-state index in [-0.39, 0.29) is 5.75 Å². The van der Waals surface area contributed by atoms with E-state index in [1.807, 2.05) is 36.4 Å². The Morgan fingerprint density at radius 2 is 1.93 bits per heavy atom. The summed E-state index contributed by atoms with van der Waals surface area (Å²) in [6, 6.07) is 13.3. The zero-order chi connectivity index (χ0) is 19.3. The molecule has 0 atom stereocenters. The van der Waals surface area contributed by atoms with Crippen LogP contribution < -0.4 is 5.32 Å². The van der Waals surface area contributed by atoms with Crippen LogP contribution in [-0.2, 0) is 21.1 Å². The minimum absolute atomic E-state index is 0.0217. The highest BCUT2D eigenvalue weighted by molar-refractivity contribution is 7.92. The Hall–Kier alpha value is -1.74. The van der Waals surface area contributed by atoms with E-state index in [9.17, 15) is 13.2 Å². The second-order valence-corrected chi connectivity index (χ2v) is 10.6. The maximum absolute atomic E-state index is 12.2. The first-order valence-corrected chi connectivity index (χ1v) is 12.1. The molecule has 0 aliphatic rings. The van der Waals surface area contributed by atoms with Crippen LogP contribution in [0.2, 0.25) is 4.34 Å². The van der Waals surface area contributed by atoms with Gasteiger partial charge < -0.3 is 5.32 Å². The SMILES string of the molecule is O=C(CS(=O)(=O)CCCc1ccccc1)Nc1nc(-c2ccc(Cl)s2)cs1. The minimum Gasteiger partial charge on any atom is -0.301 e. The van der Waals surface area contributed by atoms with Crippen LogP contribution in [0.3, 0.4) is 0 Å². The smallest absolute Gasteiger partial charge is 0.241 e. The first-order valence-electron chi connectivity index (χ1n) is 8.17. The van der Waals surface area contributed by atoms with E-state index < -0.39 is 21.5 Å². The molecule has 2 aromatic heterocycles. The highest BCUT2D eigenvalue weighted by Crippen LogP contribution is 2.32. The molecule has 0 spiro atoms. The first kappa shape index (κ1) is 20.0. The number of rotatable bonds is 8. The standard InChI is InChI=1S/C18H17ClN2O3S3/c19-16-9-8-15(26-16)14-11-25-18(20-14)21-17(22)12-27(23,24)10-4-7-13-5-2-1-3-6-13/h1-3,5-6,8-9,11H,4,7,10,12H2,(H,20,21,22). The quantitative estimate of drug-likeness (QED) is 0.559. The van der Waals surface area contributed by atoms with Crippen molar-refractivity contribution in [2.45, 2.75) is 12.8 Å². The Balaban J connectivity index is 1.50. The zero-order valence-electron chi connectivity index (χ0n) is 14.2. The lowest BCUT2D eigenvalue weighted by molar-refractivity contribution is -0.113. The van der Waals surface area contributed by atoms with Gasteiger partial charge in [0.25, 0.3) is 0 Å². The first-order chi connectivity index (χ1) is 12.9. The summed E-state index contributed by atoms with van der Waals surface area (Å²) in [6.07, 6.45) is 1.15. The number of amides is 1. The van der Waals surface area contributed by atoms with E-state index >= 15 is 0 Å². The van der Waals surface area contributed by atoms with Crippen molar-refractivity contribution in [1.29, 1.82) is 0 Å². The molecule has 9 heteroatoms. The number of hydrogen-bond acceptors (Lipinski definition) is 6. The van der Waals surface area contributed by atoms with Gasteiger partial charge in [-0.25, -0.2) is 13.4 Å². The van der Waals surface area contributed by atoms with E-state index in [1.165, 1.54) is 22.7 Å². The Morgan fingerprint density at radius 3 is 2.63 bits per heavy atom. The molecule has 142 valence electrons. The summed E-state index contributed by atoms with van der Waals surface area (Å²) in [7, 11) is -3.46. The van der Waals surface area contributed by atoms with Gasteiger partial charge in [0, 0.05) is 5.38 Å². The number of anilines is 1. The van der Waals surface area contributed by atoms with Crippen molar-refractivity contribution in [3.63, 3.8) is 0 Å². The van der Waals surface area contributed by atoms with Crippen molar-refractivity contribution in [1.82, 2.24) is 4.98 Å². The molecule has 1 aromatic carbocycles. The van der Waals surface area contributed by atoms with E-state index in [0.29, 0.717) is 28.0 Å². The Morgan fingerprint density at radius 1 is 1.15 bits per heavy atom. The highest BCUT2D eigenvalue weighted by Gasteiger charge is 2.18. The largest absolute Gasteiger partial charge is 0.301 e. The Kier molecular flexibility index (Phi) is 6.64. The fraction of sp³-hybridized carbons (Fsp3) is 0.222. The summed E-state index contributed by atoms with van der Waals surface area (Å²) in [5.74, 6) is -1.13. The molecule has 0 aliphatic carbocycles. The number of aromatic nitrogens is 1. The number of nitrogens with zero attached hydrogens (tertiary/aromatic N) is 1. The van der Waals surface area contributed by atoms with Crippen LogP contribution in [0.1, 0.15) is 12.0 Å². The van der Waals surface area contributed by atoms with Gasteiger partial charge in [-0.05, 0) is 30.5 Å². The number of thiazole rings is 1. The van der Waals surface area contributed by atoms with Crippen molar-refractivity contribution < 1.29 is 13.2 Å². The average molecular weight is 441 g/mol. The fourth-order valence-electron chi connectivity index (χ4n) is 2.46. The van der Waals surface area contributed by atoms with Crippen LogP contribution in [-0.4, -0.2) is 30.8 Å². The van der Waals surface area contributed by atoms with Crippen LogP contribution in [0.15, 0.2) is 47.8 Å². The molecular formula is C18H17ClN2O3S3. The number of halogens is 1. The molecule has 3 rings (SSSR count). The van der Waals surface area contributed by atoms with Gasteiger partial charge in [0.15, 0.2) is 15.0 Å². The third-order valence-electron chi connectivity index (χ3n) is 3.69. The van der Waals surface area contributed by atoms with Crippen molar-refractivity contribution in [2.75, 3.05) is 16.8 Å². The topological polar surface area (TPSA) is 76.1 Å². The third-order valence-corrected chi connectivity index (χ3v) is 7.31. The predicted octanol–water partition coefficient (Wildman–Crippen LogP) is 4.51. The lowest BCUT2D eigenvalue weighted by atomic mass is 10.1. The van der Waals surface area contributed by atoms with Crippen molar-refractivity contribution in [3.05, 3.63) is 57.7 Å². The van der Waals surface area contributed by atoms with Gasteiger partial charge in [0.05, 0.1) is 20.7 Å². The number of nitrogens with one attached hydrogen (secondary N) is 1. The maximum atomic E-state index is 12.2. The zero-order valence-corrected chi connectivity index (χ0v) is 17.4. The van der Waals surface area contributed by atoms with Gasteiger partial charge in [-0.3, -0.25) is 4.79 Å². The van der Waals surface area contributed by atoms with Gasteiger partial charge in [0.1, 0.15) is 5.75 Å². The average Bonchev–Trinajstić information content (AvgIpc) is 3.24. The summed E-state index contributed by atoms with van der Waals surface area (Å²) in [6.45, 7) is 0. The van der Waals surface area contributed by atoms with Crippen LogP contribution in [0, 0.1) is 0 Å². The Bertz CT molecular complexity index is 1010.